The molecule has 0 saturated carbocycles. The van der Waals surface area contributed by atoms with Gasteiger partial charge in [0.1, 0.15) is 0 Å². The molecule has 2 aromatic rings. The van der Waals surface area contributed by atoms with Crippen LogP contribution in [0, 0.1) is 27.7 Å². The zero-order valence-corrected chi connectivity index (χ0v) is 11.0. The molecule has 2 N–H and O–H groups in total. The minimum atomic E-state index is 0.294. The first-order valence-corrected chi connectivity index (χ1v) is 6.52. The van der Waals surface area contributed by atoms with Crippen LogP contribution in [0.5, 0.6) is 0 Å². The van der Waals surface area contributed by atoms with Crippen molar-refractivity contribution in [3.05, 3.63) is 22.8 Å². The number of H-pyrrole nitrogens is 2. The Kier molecular flexibility index (Phi) is 2.67. The van der Waals surface area contributed by atoms with Crippen LogP contribution in [0.1, 0.15) is 22.8 Å². The van der Waals surface area contributed by atoms with Crippen LogP contribution in [0.25, 0.3) is 0 Å². The van der Waals surface area contributed by atoms with Gasteiger partial charge in [-0.05, 0) is 0 Å². The summed E-state index contributed by atoms with van der Waals surface area (Å²) in [6.45, 7) is 8.24. The fourth-order valence-electron chi connectivity index (χ4n) is 1.48. The molecule has 0 spiro atoms. The maximum atomic E-state index is 4.22. The van der Waals surface area contributed by atoms with E-state index < -0.39 is 0 Å². The molecule has 0 saturated heterocycles. The van der Waals surface area contributed by atoms with E-state index in [0.717, 1.165) is 11.4 Å². The number of nitrogens with one attached hydrogen (secondary N) is 2. The van der Waals surface area contributed by atoms with E-state index in [4.69, 9.17) is 0 Å². The van der Waals surface area contributed by atoms with E-state index in [1.807, 2.05) is 13.8 Å². The summed E-state index contributed by atoms with van der Waals surface area (Å²) >= 11 is 0.294. The molecule has 0 bridgehead atoms. The van der Waals surface area contributed by atoms with Crippen molar-refractivity contribution in [2.75, 3.05) is 0 Å². The summed E-state index contributed by atoms with van der Waals surface area (Å²) in [6, 6.07) is 0. The van der Waals surface area contributed by atoms with Crippen LogP contribution < -0.4 is 8.92 Å². The number of nitrogens with zero attached hydrogens (tertiary/aromatic N) is 2. The molecule has 0 radical (unpaired) electrons. The fraction of sp³-hybridized carbons (Fsp3) is 0.400. The molecule has 2 rings (SSSR count). The first kappa shape index (κ1) is 10.5. The van der Waals surface area contributed by atoms with Gasteiger partial charge in [0.25, 0.3) is 0 Å². The third-order valence-electron chi connectivity index (χ3n) is 2.33. The zero-order valence-electron chi connectivity index (χ0n) is 9.30. The number of hydrogen-bond donors (Lipinski definition) is 2. The molecule has 2 heterocycles. The summed E-state index contributed by atoms with van der Waals surface area (Å²) in [5, 5.41) is 14.5. The van der Waals surface area contributed by atoms with Gasteiger partial charge >= 0.3 is 94.7 Å². The van der Waals surface area contributed by atoms with Gasteiger partial charge in [-0.25, -0.2) is 0 Å². The fourth-order valence-corrected chi connectivity index (χ4v) is 3.56. The Morgan fingerprint density at radius 2 is 1.20 bits per heavy atom. The van der Waals surface area contributed by atoms with E-state index >= 15 is 0 Å². The first-order valence-electron chi connectivity index (χ1n) is 4.80. The summed E-state index contributed by atoms with van der Waals surface area (Å²) < 4.78 is 2.69. The molecule has 5 heteroatoms. The summed E-state index contributed by atoms with van der Waals surface area (Å²) in [5.74, 6) is 0. The van der Waals surface area contributed by atoms with Gasteiger partial charge < -0.3 is 0 Å². The number of aryl methyl sites for hydroxylation is 4. The Morgan fingerprint density at radius 3 is 1.47 bits per heavy atom. The molecule has 0 unspecified atom stereocenters. The van der Waals surface area contributed by atoms with Gasteiger partial charge in [0, 0.05) is 0 Å². The Morgan fingerprint density at radius 1 is 0.800 bits per heavy atom. The molecule has 2 aromatic heterocycles. The van der Waals surface area contributed by atoms with Gasteiger partial charge in [-0.15, -0.1) is 0 Å². The third kappa shape index (κ3) is 1.85. The van der Waals surface area contributed by atoms with Crippen molar-refractivity contribution in [2.24, 2.45) is 0 Å². The molecule has 4 nitrogen and oxygen atoms in total. The number of hydrogen-bond acceptors (Lipinski definition) is 2. The SMILES string of the molecule is Cc1n[nH]c(C)c1[Se]c1c(C)n[nH]c1C. The Labute approximate surface area is 95.0 Å². The minimum absolute atomic E-state index is 0.294. The van der Waals surface area contributed by atoms with E-state index in [1.54, 1.807) is 0 Å². The number of aromatic amines is 2. The average molecular weight is 269 g/mol. The summed E-state index contributed by atoms with van der Waals surface area (Å²) in [5.41, 5.74) is 4.56. The van der Waals surface area contributed by atoms with Crippen molar-refractivity contribution < 1.29 is 0 Å². The Bertz CT molecular complexity index is 400. The molecule has 0 fully saturated rings. The monoisotopic (exact) mass is 270 g/mol. The predicted molar refractivity (Wildman–Crippen MR) is 61.1 cm³/mol. The molecule has 0 aliphatic carbocycles. The van der Waals surface area contributed by atoms with Crippen LogP contribution in [0.2, 0.25) is 0 Å². The van der Waals surface area contributed by atoms with Crippen molar-refractivity contribution >= 4 is 23.9 Å². The Balaban J connectivity index is 2.37. The topological polar surface area (TPSA) is 57.4 Å². The molecule has 0 aliphatic heterocycles. The second-order valence-electron chi connectivity index (χ2n) is 3.63. The van der Waals surface area contributed by atoms with Crippen LogP contribution in [0.15, 0.2) is 0 Å². The van der Waals surface area contributed by atoms with Crippen LogP contribution in [0.4, 0.5) is 0 Å². The van der Waals surface area contributed by atoms with Crippen molar-refractivity contribution in [3.63, 3.8) is 0 Å². The van der Waals surface area contributed by atoms with Crippen molar-refractivity contribution in [3.8, 4) is 0 Å². The summed E-state index contributed by atoms with van der Waals surface area (Å²) in [6.07, 6.45) is 0. The molecule has 0 amide bonds. The van der Waals surface area contributed by atoms with E-state index in [2.05, 4.69) is 34.2 Å². The van der Waals surface area contributed by atoms with Gasteiger partial charge in [0.05, 0.1) is 0 Å². The Hall–Kier alpha value is -1.06. The quantitative estimate of drug-likeness (QED) is 0.755. The van der Waals surface area contributed by atoms with Gasteiger partial charge in [0.15, 0.2) is 0 Å². The standard InChI is InChI=1S/C10H14N4Se/c1-5-9(6(2)12-11-5)15-10-7(3)13-14-8(10)4/h1-4H3,(H,11,12)(H,13,14). The summed E-state index contributed by atoms with van der Waals surface area (Å²) in [4.78, 5) is 0. The predicted octanol–water partition coefficient (Wildman–Crippen LogP) is 0.0215. The maximum absolute atomic E-state index is 4.22. The van der Waals surface area contributed by atoms with E-state index in [-0.39, 0.29) is 0 Å². The second kappa shape index (κ2) is 3.83. The van der Waals surface area contributed by atoms with Crippen molar-refractivity contribution in [2.45, 2.75) is 27.7 Å². The van der Waals surface area contributed by atoms with E-state index in [9.17, 15) is 0 Å². The normalized spacial score (nSPS) is 10.9. The third-order valence-corrected chi connectivity index (χ3v) is 5.71. The van der Waals surface area contributed by atoms with Crippen LogP contribution >= 0.6 is 0 Å². The van der Waals surface area contributed by atoms with Crippen LogP contribution in [0.3, 0.4) is 0 Å². The molecule has 0 aliphatic rings. The van der Waals surface area contributed by atoms with Crippen molar-refractivity contribution in [1.82, 2.24) is 20.4 Å². The van der Waals surface area contributed by atoms with Gasteiger partial charge in [-0.1, -0.05) is 0 Å². The average Bonchev–Trinajstić information content (AvgIpc) is 2.67. The molecule has 15 heavy (non-hydrogen) atoms. The van der Waals surface area contributed by atoms with E-state index in [0.29, 0.717) is 15.0 Å². The van der Waals surface area contributed by atoms with Gasteiger partial charge in [0.2, 0.25) is 0 Å². The molecule has 80 valence electrons. The number of aromatic nitrogens is 4. The molecular formula is C10H14N4Se. The molecule has 0 aromatic carbocycles. The van der Waals surface area contributed by atoms with Crippen LogP contribution in [-0.2, 0) is 0 Å². The second-order valence-corrected chi connectivity index (χ2v) is 5.77. The molecular weight excluding hydrogens is 255 g/mol. The van der Waals surface area contributed by atoms with Gasteiger partial charge in [-0.3, -0.25) is 0 Å². The van der Waals surface area contributed by atoms with E-state index in [1.165, 1.54) is 20.3 Å². The molecule has 0 atom stereocenters. The summed E-state index contributed by atoms with van der Waals surface area (Å²) in [7, 11) is 0. The van der Waals surface area contributed by atoms with Gasteiger partial charge in [-0.2, -0.15) is 0 Å². The first-order chi connectivity index (χ1) is 7.09. The zero-order chi connectivity index (χ0) is 11.0. The van der Waals surface area contributed by atoms with Crippen molar-refractivity contribution in [1.29, 1.82) is 0 Å². The number of rotatable bonds is 2. The van der Waals surface area contributed by atoms with Crippen LogP contribution in [-0.4, -0.2) is 35.4 Å².